The molecular formula is C15H14ClF2N5OS. The van der Waals surface area contributed by atoms with Crippen LogP contribution in [0.4, 0.5) is 25.8 Å². The molecule has 10 heteroatoms. The fraction of sp³-hybridized carbons (Fsp3) is 0.200. The van der Waals surface area contributed by atoms with Crippen LogP contribution in [-0.4, -0.2) is 28.1 Å². The smallest absolute Gasteiger partial charge is 0.277 e. The van der Waals surface area contributed by atoms with Gasteiger partial charge in [0.15, 0.2) is 17.3 Å². The first-order chi connectivity index (χ1) is 11.8. The lowest BCUT2D eigenvalue weighted by Gasteiger charge is -2.20. The first-order valence-corrected chi connectivity index (χ1v) is 8.67. The molecule has 0 atom stereocenters. The molecule has 6 nitrogen and oxygen atoms in total. The second-order valence-electron chi connectivity index (χ2n) is 5.28. The standard InChI is InChI=1S/C15H14ClF2N5OS/c1-22-15(24)13-10(6-12(16)20-14(13)21-22)19-9-4-7(17)8(18)5-11(9)23(2)25-3/h4-6H,1-3H3,(H2,19,20,21). The van der Waals surface area contributed by atoms with Gasteiger partial charge in [0.2, 0.25) is 0 Å². The van der Waals surface area contributed by atoms with Crippen LogP contribution in [0.5, 0.6) is 0 Å². The molecule has 0 aliphatic carbocycles. The maximum Gasteiger partial charge on any atom is 0.277 e. The van der Waals surface area contributed by atoms with Crippen LogP contribution >= 0.6 is 23.5 Å². The summed E-state index contributed by atoms with van der Waals surface area (Å²) in [5, 5.41) is 6.18. The van der Waals surface area contributed by atoms with E-state index in [1.807, 2.05) is 0 Å². The fourth-order valence-corrected chi connectivity index (χ4v) is 2.97. The normalized spacial score (nSPS) is 11.1. The van der Waals surface area contributed by atoms with E-state index in [0.717, 1.165) is 12.1 Å². The Labute approximate surface area is 150 Å². The van der Waals surface area contributed by atoms with Crippen LogP contribution in [0.15, 0.2) is 23.0 Å². The number of H-pyrrole nitrogens is 1. The highest BCUT2D eigenvalue weighted by Crippen LogP contribution is 2.34. The third kappa shape index (κ3) is 3.16. The number of hydrogen-bond donors (Lipinski definition) is 2. The van der Waals surface area contributed by atoms with Gasteiger partial charge in [0, 0.05) is 32.5 Å². The molecule has 0 fully saturated rings. The van der Waals surface area contributed by atoms with E-state index >= 15 is 0 Å². The van der Waals surface area contributed by atoms with Crippen LogP contribution in [0.1, 0.15) is 0 Å². The third-order valence-corrected chi connectivity index (χ3v) is 4.64. The number of rotatable bonds is 4. The molecule has 0 aliphatic rings. The van der Waals surface area contributed by atoms with Crippen molar-refractivity contribution in [2.75, 3.05) is 22.9 Å². The number of fused-ring (bicyclic) bond motifs is 1. The van der Waals surface area contributed by atoms with Crippen LogP contribution in [0.2, 0.25) is 5.15 Å². The van der Waals surface area contributed by atoms with Crippen molar-refractivity contribution in [2.24, 2.45) is 7.05 Å². The highest BCUT2D eigenvalue weighted by molar-refractivity contribution is 7.99. The number of nitrogens with zero attached hydrogens (tertiary/aromatic N) is 3. The van der Waals surface area contributed by atoms with Crippen molar-refractivity contribution in [3.8, 4) is 0 Å². The number of aryl methyl sites for hydroxylation is 1. The van der Waals surface area contributed by atoms with Gasteiger partial charge < -0.3 is 9.62 Å². The number of benzene rings is 1. The molecule has 0 unspecified atom stereocenters. The lowest BCUT2D eigenvalue weighted by atomic mass is 10.2. The van der Waals surface area contributed by atoms with Gasteiger partial charge in [0.05, 0.1) is 17.1 Å². The minimum absolute atomic E-state index is 0.152. The first kappa shape index (κ1) is 17.6. The van der Waals surface area contributed by atoms with Gasteiger partial charge in [-0.2, -0.15) is 0 Å². The van der Waals surface area contributed by atoms with E-state index in [1.54, 1.807) is 24.7 Å². The van der Waals surface area contributed by atoms with Gasteiger partial charge in [0.1, 0.15) is 10.5 Å². The molecule has 0 aliphatic heterocycles. The Balaban J connectivity index is 2.19. The summed E-state index contributed by atoms with van der Waals surface area (Å²) in [6, 6.07) is 3.58. The zero-order valence-corrected chi connectivity index (χ0v) is 15.1. The average Bonchev–Trinajstić information content (AvgIpc) is 2.84. The van der Waals surface area contributed by atoms with Gasteiger partial charge in [-0.05, 0) is 6.07 Å². The Morgan fingerprint density at radius 3 is 2.64 bits per heavy atom. The van der Waals surface area contributed by atoms with Crippen LogP contribution in [0.25, 0.3) is 11.0 Å². The highest BCUT2D eigenvalue weighted by atomic mass is 35.5. The summed E-state index contributed by atoms with van der Waals surface area (Å²) in [6.45, 7) is 0. The molecule has 0 spiro atoms. The number of nitrogens with one attached hydrogen (secondary N) is 2. The van der Waals surface area contributed by atoms with E-state index < -0.39 is 11.6 Å². The van der Waals surface area contributed by atoms with Crippen LogP contribution in [0.3, 0.4) is 0 Å². The van der Waals surface area contributed by atoms with Crippen molar-refractivity contribution in [1.82, 2.24) is 14.8 Å². The predicted molar refractivity (Wildman–Crippen MR) is 97.9 cm³/mol. The van der Waals surface area contributed by atoms with Gasteiger partial charge in [-0.1, -0.05) is 23.5 Å². The summed E-state index contributed by atoms with van der Waals surface area (Å²) in [7, 11) is 3.26. The van der Waals surface area contributed by atoms with E-state index in [9.17, 15) is 13.6 Å². The lowest BCUT2D eigenvalue weighted by molar-refractivity contribution is 0.509. The highest BCUT2D eigenvalue weighted by Gasteiger charge is 2.17. The molecule has 0 saturated carbocycles. The third-order valence-electron chi connectivity index (χ3n) is 3.70. The largest absolute Gasteiger partial charge is 0.353 e. The van der Waals surface area contributed by atoms with Crippen LogP contribution in [0, 0.1) is 11.6 Å². The van der Waals surface area contributed by atoms with Crippen LogP contribution in [-0.2, 0) is 7.05 Å². The van der Waals surface area contributed by atoms with E-state index in [2.05, 4.69) is 15.4 Å². The summed E-state index contributed by atoms with van der Waals surface area (Å²) in [6.07, 6.45) is 1.80. The Hall–Kier alpha value is -2.26. The lowest BCUT2D eigenvalue weighted by Crippen LogP contribution is -2.13. The number of anilines is 3. The summed E-state index contributed by atoms with van der Waals surface area (Å²) in [5.74, 6) is -1.96. The van der Waals surface area contributed by atoms with Crippen molar-refractivity contribution in [3.05, 3.63) is 45.3 Å². The molecule has 2 aromatic heterocycles. The Kier molecular flexibility index (Phi) is 4.61. The Morgan fingerprint density at radius 2 is 1.96 bits per heavy atom. The SMILES string of the molecule is CSN(C)c1cc(F)c(F)cc1Nc1cc(Cl)nc2[nH]n(C)c(=O)c12. The molecule has 3 rings (SSSR count). The van der Waals surface area contributed by atoms with E-state index in [1.165, 1.54) is 22.7 Å². The summed E-state index contributed by atoms with van der Waals surface area (Å²) in [5.41, 5.74) is 1.04. The van der Waals surface area contributed by atoms with E-state index in [4.69, 9.17) is 11.6 Å². The zero-order valence-electron chi connectivity index (χ0n) is 13.5. The molecular weight excluding hydrogens is 372 g/mol. The van der Waals surface area contributed by atoms with Gasteiger partial charge in [-0.3, -0.25) is 14.6 Å². The molecule has 0 amide bonds. The predicted octanol–water partition coefficient (Wildman–Crippen LogP) is 3.65. The zero-order chi connectivity index (χ0) is 18.3. The number of halogens is 3. The van der Waals surface area contributed by atoms with Crippen molar-refractivity contribution in [3.63, 3.8) is 0 Å². The summed E-state index contributed by atoms with van der Waals surface area (Å²) < 4.78 is 30.3. The second kappa shape index (κ2) is 6.57. The molecule has 2 heterocycles. The number of aromatic nitrogens is 3. The first-order valence-electron chi connectivity index (χ1n) is 7.11. The summed E-state index contributed by atoms with van der Waals surface area (Å²) >= 11 is 7.33. The maximum atomic E-state index is 13.8. The molecule has 0 radical (unpaired) electrons. The topological polar surface area (TPSA) is 66.0 Å². The van der Waals surface area contributed by atoms with Crippen molar-refractivity contribution < 1.29 is 8.78 Å². The summed E-state index contributed by atoms with van der Waals surface area (Å²) in [4.78, 5) is 16.4. The number of aromatic amines is 1. The minimum atomic E-state index is -1.00. The molecule has 132 valence electrons. The number of pyridine rings is 1. The molecule has 1 aromatic carbocycles. The Bertz CT molecular complexity index is 1020. The fourth-order valence-electron chi connectivity index (χ4n) is 2.43. The number of hydrogen-bond acceptors (Lipinski definition) is 5. The second-order valence-corrected chi connectivity index (χ2v) is 6.58. The van der Waals surface area contributed by atoms with Gasteiger partial charge in [0.25, 0.3) is 5.56 Å². The molecule has 3 aromatic rings. The van der Waals surface area contributed by atoms with Gasteiger partial charge in [-0.15, -0.1) is 0 Å². The van der Waals surface area contributed by atoms with E-state index in [-0.39, 0.29) is 16.1 Å². The maximum absolute atomic E-state index is 13.8. The van der Waals surface area contributed by atoms with Crippen molar-refractivity contribution in [1.29, 1.82) is 0 Å². The average molecular weight is 386 g/mol. The quantitative estimate of drug-likeness (QED) is 0.530. The van der Waals surface area contributed by atoms with Gasteiger partial charge in [-0.25, -0.2) is 13.8 Å². The van der Waals surface area contributed by atoms with Gasteiger partial charge >= 0.3 is 0 Å². The monoisotopic (exact) mass is 385 g/mol. The van der Waals surface area contributed by atoms with Crippen molar-refractivity contribution >= 4 is 51.6 Å². The molecule has 0 saturated heterocycles. The minimum Gasteiger partial charge on any atom is -0.353 e. The van der Waals surface area contributed by atoms with Crippen molar-refractivity contribution in [2.45, 2.75) is 0 Å². The van der Waals surface area contributed by atoms with E-state index in [0.29, 0.717) is 22.7 Å². The van der Waals surface area contributed by atoms with Crippen LogP contribution < -0.4 is 15.2 Å². The molecule has 0 bridgehead atoms. The molecule has 25 heavy (non-hydrogen) atoms. The molecule has 2 N–H and O–H groups in total. The Morgan fingerprint density at radius 1 is 1.28 bits per heavy atom.